The zero-order chi connectivity index (χ0) is 22.8. The van der Waals surface area contributed by atoms with Gasteiger partial charge in [0.05, 0.1) is 39.1 Å². The van der Waals surface area contributed by atoms with E-state index in [1.54, 1.807) is 21.3 Å². The molecule has 2 aromatic carbocycles. The number of urea groups is 1. The molecule has 4 rings (SSSR count). The maximum Gasteiger partial charge on any atom is 0.337 e. The Morgan fingerprint density at radius 2 is 1.81 bits per heavy atom. The molecular weight excluding hydrogens is 411 g/mol. The minimum Gasteiger partial charge on any atom is -0.493 e. The third-order valence-corrected chi connectivity index (χ3v) is 6.11. The van der Waals surface area contributed by atoms with Gasteiger partial charge < -0.3 is 19.7 Å². The highest BCUT2D eigenvalue weighted by molar-refractivity contribution is 6.14. The fourth-order valence-corrected chi connectivity index (χ4v) is 4.22. The van der Waals surface area contributed by atoms with Gasteiger partial charge in [0.2, 0.25) is 0 Å². The predicted octanol–water partition coefficient (Wildman–Crippen LogP) is 3.59. The van der Waals surface area contributed by atoms with E-state index in [1.165, 1.54) is 5.01 Å². The van der Waals surface area contributed by atoms with E-state index >= 15 is 0 Å². The second-order valence-corrected chi connectivity index (χ2v) is 8.03. The molecule has 2 aliphatic rings. The fourth-order valence-electron chi connectivity index (χ4n) is 4.22. The van der Waals surface area contributed by atoms with Gasteiger partial charge in [0.1, 0.15) is 6.17 Å². The van der Waals surface area contributed by atoms with Gasteiger partial charge in [0.15, 0.2) is 11.5 Å². The summed E-state index contributed by atoms with van der Waals surface area (Å²) in [6.07, 6.45) is 0.620. The van der Waals surface area contributed by atoms with Crippen LogP contribution in [-0.4, -0.2) is 63.3 Å². The smallest absolute Gasteiger partial charge is 0.337 e. The van der Waals surface area contributed by atoms with Crippen molar-refractivity contribution in [1.82, 2.24) is 10.3 Å². The predicted molar refractivity (Wildman–Crippen MR) is 123 cm³/mol. The van der Waals surface area contributed by atoms with Crippen LogP contribution in [0.15, 0.2) is 41.5 Å². The lowest BCUT2D eigenvalue weighted by molar-refractivity contribution is 0.177. The van der Waals surface area contributed by atoms with Crippen LogP contribution in [0.5, 0.6) is 11.5 Å². The Morgan fingerprint density at radius 3 is 2.38 bits per heavy atom. The summed E-state index contributed by atoms with van der Waals surface area (Å²) >= 11 is 0. The van der Waals surface area contributed by atoms with Crippen LogP contribution in [0.2, 0.25) is 0 Å². The monoisotopic (exact) mass is 440 g/mol. The maximum absolute atomic E-state index is 13.3. The van der Waals surface area contributed by atoms with Crippen LogP contribution in [0, 0.1) is 0 Å². The molecule has 0 saturated carbocycles. The zero-order valence-corrected chi connectivity index (χ0v) is 18.9. The first-order valence-electron chi connectivity index (χ1n) is 10.8. The molecule has 0 bridgehead atoms. The molecule has 32 heavy (non-hydrogen) atoms. The first-order chi connectivity index (χ1) is 15.5. The summed E-state index contributed by atoms with van der Waals surface area (Å²) in [7, 11) is 4.82. The molecule has 0 radical (unpaired) electrons. The van der Waals surface area contributed by atoms with E-state index in [9.17, 15) is 9.18 Å². The van der Waals surface area contributed by atoms with Crippen molar-refractivity contribution in [2.24, 2.45) is 5.10 Å². The van der Waals surface area contributed by atoms with Crippen molar-refractivity contribution in [3.05, 3.63) is 53.1 Å². The second-order valence-electron chi connectivity index (χ2n) is 8.03. The van der Waals surface area contributed by atoms with Crippen molar-refractivity contribution < 1.29 is 18.7 Å². The lowest BCUT2D eigenvalue weighted by Crippen LogP contribution is -2.48. The van der Waals surface area contributed by atoms with Gasteiger partial charge in [0.25, 0.3) is 0 Å². The number of halogens is 1. The molecule has 7 nitrogen and oxygen atoms in total. The van der Waals surface area contributed by atoms with Crippen molar-refractivity contribution in [3.8, 4) is 11.5 Å². The Bertz CT molecular complexity index is 1020. The third kappa shape index (κ3) is 3.97. The largest absolute Gasteiger partial charge is 0.493 e. The molecule has 170 valence electrons. The van der Waals surface area contributed by atoms with E-state index in [0.717, 1.165) is 28.8 Å². The molecule has 1 unspecified atom stereocenters. The van der Waals surface area contributed by atoms with Crippen molar-refractivity contribution >= 4 is 17.4 Å². The fraction of sp³-hybridized carbons (Fsp3) is 0.417. The highest BCUT2D eigenvalue weighted by Crippen LogP contribution is 2.35. The van der Waals surface area contributed by atoms with Gasteiger partial charge in [-0.1, -0.05) is 19.1 Å². The van der Waals surface area contributed by atoms with Crippen molar-refractivity contribution in [1.29, 1.82) is 0 Å². The summed E-state index contributed by atoms with van der Waals surface area (Å²) in [6, 6.07) is 11.4. The number of alkyl halides is 1. The number of nitrogens with zero attached hydrogens (tertiary/aromatic N) is 3. The van der Waals surface area contributed by atoms with Gasteiger partial charge in [-0.05, 0) is 42.7 Å². The van der Waals surface area contributed by atoms with Gasteiger partial charge >= 0.3 is 6.03 Å². The number of anilines is 1. The summed E-state index contributed by atoms with van der Waals surface area (Å²) < 4.78 is 24.3. The lowest BCUT2D eigenvalue weighted by Gasteiger charge is -2.36. The third-order valence-electron chi connectivity index (χ3n) is 6.11. The average Bonchev–Trinajstić information content (AvgIpc) is 2.97. The summed E-state index contributed by atoms with van der Waals surface area (Å²) in [5.74, 6) is 1.24. The molecule has 1 N–H and O–H groups in total. The Morgan fingerprint density at radius 1 is 1.16 bits per heavy atom. The van der Waals surface area contributed by atoms with Crippen molar-refractivity contribution in [2.45, 2.75) is 32.0 Å². The summed E-state index contributed by atoms with van der Waals surface area (Å²) in [4.78, 5) is 14.7. The number of carbonyl (C=O) groups excluding carboxylic acids is 1. The van der Waals surface area contributed by atoms with E-state index in [4.69, 9.17) is 14.6 Å². The molecule has 8 heteroatoms. The number of rotatable bonds is 5. The van der Waals surface area contributed by atoms with E-state index in [-0.39, 0.29) is 12.1 Å². The molecule has 0 spiro atoms. The van der Waals surface area contributed by atoms with Crippen LogP contribution in [0.1, 0.15) is 30.0 Å². The van der Waals surface area contributed by atoms with E-state index in [1.807, 2.05) is 48.2 Å². The molecule has 2 heterocycles. The Hall–Kier alpha value is -3.29. The molecule has 1 saturated heterocycles. The number of hydrogen-bond acceptors (Lipinski definition) is 5. The van der Waals surface area contributed by atoms with E-state index < -0.39 is 6.17 Å². The number of hydrazone groups is 1. The molecule has 0 aliphatic carbocycles. The van der Waals surface area contributed by atoms with Crippen LogP contribution in [-0.2, 0) is 6.42 Å². The molecule has 1 atom stereocenters. The van der Waals surface area contributed by atoms with Crippen LogP contribution >= 0.6 is 0 Å². The highest BCUT2D eigenvalue weighted by Gasteiger charge is 2.30. The number of ether oxygens (including phenoxy) is 2. The van der Waals surface area contributed by atoms with Crippen LogP contribution in [0.3, 0.4) is 0 Å². The van der Waals surface area contributed by atoms with Gasteiger partial charge in [-0.2, -0.15) is 5.10 Å². The normalized spacial score (nSPS) is 18.3. The quantitative estimate of drug-likeness (QED) is 0.772. The van der Waals surface area contributed by atoms with Gasteiger partial charge in [-0.25, -0.2) is 14.2 Å². The first-order valence-corrected chi connectivity index (χ1v) is 10.8. The second kappa shape index (κ2) is 9.06. The van der Waals surface area contributed by atoms with E-state index in [0.29, 0.717) is 36.7 Å². The maximum atomic E-state index is 13.3. The summed E-state index contributed by atoms with van der Waals surface area (Å²) in [5, 5.41) is 9.07. The number of benzene rings is 2. The minimum atomic E-state index is -0.762. The topological polar surface area (TPSA) is 66.4 Å². The molecule has 0 aromatic heterocycles. The lowest BCUT2D eigenvalue weighted by atomic mass is 9.93. The number of methoxy groups -OCH3 is 2. The number of hydrogen-bond donors (Lipinski definition) is 1. The number of fused-ring (bicyclic) bond motifs is 1. The average molecular weight is 441 g/mol. The number of nitrogens with one attached hydrogen (secondary N) is 1. The summed E-state index contributed by atoms with van der Waals surface area (Å²) in [6.45, 7) is 2.88. The van der Waals surface area contributed by atoms with Gasteiger partial charge in [0, 0.05) is 23.9 Å². The Kier molecular flexibility index (Phi) is 6.21. The first kappa shape index (κ1) is 21.9. The van der Waals surface area contributed by atoms with Crippen LogP contribution in [0.25, 0.3) is 0 Å². The summed E-state index contributed by atoms with van der Waals surface area (Å²) in [5.41, 5.74) is 4.45. The van der Waals surface area contributed by atoms with Crippen LogP contribution < -0.4 is 19.7 Å². The molecule has 2 aromatic rings. The van der Waals surface area contributed by atoms with Crippen molar-refractivity contribution in [3.63, 3.8) is 0 Å². The highest BCUT2D eigenvalue weighted by atomic mass is 19.1. The Labute approximate surface area is 187 Å². The molecule has 2 aliphatic heterocycles. The standard InChI is InChI=1S/C24H29FN4O3/c1-5-18-10-16-11-21(31-3)22(32-4)12-20(16)23(27-29(18)24(30)26-2)15-6-8-19(9-7-15)28-13-17(25)14-28/h6-9,11-12,17-18H,5,10,13-14H2,1-4H3,(H,26,30). The van der Waals surface area contributed by atoms with Crippen LogP contribution in [0.4, 0.5) is 14.9 Å². The minimum absolute atomic E-state index is 0.105. The Balaban J connectivity index is 1.83. The number of carbonyl (C=O) groups is 1. The molecule has 2 amide bonds. The SMILES string of the molecule is CCC1Cc2cc(OC)c(OC)cc2C(c2ccc(N3CC(F)C3)cc2)=NN1C(=O)NC. The molecule has 1 fully saturated rings. The number of amides is 2. The zero-order valence-electron chi connectivity index (χ0n) is 18.9. The van der Waals surface area contributed by atoms with E-state index in [2.05, 4.69) is 5.32 Å². The van der Waals surface area contributed by atoms with Crippen molar-refractivity contribution in [2.75, 3.05) is 39.3 Å². The van der Waals surface area contributed by atoms with Gasteiger partial charge in [-0.15, -0.1) is 0 Å². The van der Waals surface area contributed by atoms with Gasteiger partial charge in [-0.3, -0.25) is 0 Å². The molecular formula is C24H29FN4O3.